The van der Waals surface area contributed by atoms with Crippen LogP contribution in [0.3, 0.4) is 0 Å². The summed E-state index contributed by atoms with van der Waals surface area (Å²) in [5.41, 5.74) is 5.13. The van der Waals surface area contributed by atoms with Gasteiger partial charge in [0.1, 0.15) is 11.6 Å². The normalized spacial score (nSPS) is 10.3. The third kappa shape index (κ3) is 5.31. The zero-order chi connectivity index (χ0) is 17.5. The molecular formula is C16H13F3N2O3. The average molecular weight is 338 g/mol. The molecule has 2 aromatic rings. The highest BCUT2D eigenvalue weighted by molar-refractivity contribution is 5.95. The largest absolute Gasteiger partial charge is 0.435 e. The zero-order valence-electron chi connectivity index (χ0n) is 12.3. The lowest BCUT2D eigenvalue weighted by molar-refractivity contribution is -0.121. The number of benzene rings is 2. The monoisotopic (exact) mass is 338 g/mol. The smallest absolute Gasteiger partial charge is 0.387 e. The minimum absolute atomic E-state index is 0.0400. The Morgan fingerprint density at radius 1 is 0.958 bits per heavy atom. The third-order valence-corrected chi connectivity index (χ3v) is 2.94. The Morgan fingerprint density at radius 2 is 1.58 bits per heavy atom. The minimum atomic E-state index is -2.95. The predicted molar refractivity (Wildman–Crippen MR) is 78.8 cm³/mol. The number of hydrazine groups is 1. The summed E-state index contributed by atoms with van der Waals surface area (Å²) in [6, 6.07) is 10.3. The van der Waals surface area contributed by atoms with Gasteiger partial charge in [0.25, 0.3) is 5.91 Å². The first-order valence-electron chi connectivity index (χ1n) is 6.82. The summed E-state index contributed by atoms with van der Waals surface area (Å²) < 4.78 is 41.0. The van der Waals surface area contributed by atoms with Crippen LogP contribution in [0.15, 0.2) is 48.5 Å². The van der Waals surface area contributed by atoms with E-state index >= 15 is 0 Å². The van der Waals surface area contributed by atoms with Gasteiger partial charge in [-0.25, -0.2) is 4.39 Å². The van der Waals surface area contributed by atoms with Gasteiger partial charge < -0.3 is 4.74 Å². The Morgan fingerprint density at radius 3 is 2.17 bits per heavy atom. The molecule has 5 nitrogen and oxygen atoms in total. The van der Waals surface area contributed by atoms with Crippen LogP contribution in [0.25, 0.3) is 0 Å². The van der Waals surface area contributed by atoms with Gasteiger partial charge in [0.05, 0.1) is 6.42 Å². The van der Waals surface area contributed by atoms with E-state index in [4.69, 9.17) is 0 Å². The summed E-state index contributed by atoms with van der Waals surface area (Å²) in [7, 11) is 0. The van der Waals surface area contributed by atoms with E-state index < -0.39 is 24.2 Å². The van der Waals surface area contributed by atoms with E-state index in [0.717, 1.165) is 0 Å². The third-order valence-electron chi connectivity index (χ3n) is 2.94. The molecule has 0 heterocycles. The van der Waals surface area contributed by atoms with Crippen LogP contribution in [0, 0.1) is 5.82 Å². The van der Waals surface area contributed by atoms with Crippen LogP contribution in [-0.2, 0) is 11.2 Å². The van der Waals surface area contributed by atoms with Crippen molar-refractivity contribution in [2.75, 3.05) is 0 Å². The summed E-state index contributed by atoms with van der Waals surface area (Å²) in [5, 5.41) is 0. The number of carbonyl (C=O) groups is 2. The number of ether oxygens (including phenoxy) is 1. The highest BCUT2D eigenvalue weighted by Crippen LogP contribution is 2.14. The van der Waals surface area contributed by atoms with Crippen LogP contribution >= 0.6 is 0 Å². The van der Waals surface area contributed by atoms with Crippen molar-refractivity contribution in [2.24, 2.45) is 0 Å². The quantitative estimate of drug-likeness (QED) is 0.823. The maximum atomic E-state index is 12.8. The summed E-state index contributed by atoms with van der Waals surface area (Å²) in [6.07, 6.45) is -0.0400. The molecule has 2 rings (SSSR count). The van der Waals surface area contributed by atoms with Gasteiger partial charge in [0, 0.05) is 5.56 Å². The van der Waals surface area contributed by atoms with E-state index in [1.807, 2.05) is 0 Å². The summed E-state index contributed by atoms with van der Waals surface area (Å²) in [5.74, 6) is -1.60. The van der Waals surface area contributed by atoms with Crippen LogP contribution in [0.5, 0.6) is 5.75 Å². The van der Waals surface area contributed by atoms with E-state index in [0.29, 0.717) is 5.56 Å². The van der Waals surface area contributed by atoms with Gasteiger partial charge in [-0.3, -0.25) is 20.4 Å². The maximum absolute atomic E-state index is 12.8. The van der Waals surface area contributed by atoms with Crippen LogP contribution in [0.2, 0.25) is 0 Å². The maximum Gasteiger partial charge on any atom is 0.387 e. The molecule has 0 saturated carbocycles. The van der Waals surface area contributed by atoms with Crippen molar-refractivity contribution in [1.29, 1.82) is 0 Å². The van der Waals surface area contributed by atoms with Gasteiger partial charge in [-0.05, 0) is 42.0 Å². The van der Waals surface area contributed by atoms with Crippen molar-refractivity contribution in [1.82, 2.24) is 10.9 Å². The van der Waals surface area contributed by atoms with E-state index in [1.165, 1.54) is 48.5 Å². The number of hydrogen-bond donors (Lipinski definition) is 2. The lowest BCUT2D eigenvalue weighted by Gasteiger charge is -2.08. The minimum Gasteiger partial charge on any atom is -0.435 e. The molecule has 2 N–H and O–H groups in total. The Labute approximate surface area is 135 Å². The van der Waals surface area contributed by atoms with Crippen LogP contribution in [-0.4, -0.2) is 18.4 Å². The summed E-state index contributed by atoms with van der Waals surface area (Å²) in [6.45, 7) is -2.95. The standard InChI is InChI=1S/C16H13F3N2O3/c17-12-5-1-10(2-6-12)9-14(22)20-21-15(23)11-3-7-13(8-4-11)24-16(18)19/h1-8,16H,9H2,(H,20,22)(H,21,23). The van der Waals surface area contributed by atoms with Crippen molar-refractivity contribution in [3.63, 3.8) is 0 Å². The van der Waals surface area contributed by atoms with Gasteiger partial charge in [0.2, 0.25) is 5.91 Å². The summed E-state index contributed by atoms with van der Waals surface area (Å²) in [4.78, 5) is 23.5. The molecule has 0 fully saturated rings. The van der Waals surface area contributed by atoms with Crippen LogP contribution < -0.4 is 15.6 Å². The molecule has 0 saturated heterocycles. The zero-order valence-corrected chi connectivity index (χ0v) is 12.3. The Balaban J connectivity index is 1.83. The van der Waals surface area contributed by atoms with Gasteiger partial charge in [-0.1, -0.05) is 12.1 Å². The lowest BCUT2D eigenvalue weighted by atomic mass is 10.1. The fourth-order valence-electron chi connectivity index (χ4n) is 1.82. The fraction of sp³-hybridized carbons (Fsp3) is 0.125. The number of amides is 2. The molecule has 24 heavy (non-hydrogen) atoms. The molecule has 2 aromatic carbocycles. The highest BCUT2D eigenvalue weighted by Gasteiger charge is 2.09. The second kappa shape index (κ2) is 8.00. The molecule has 126 valence electrons. The van der Waals surface area contributed by atoms with Crippen LogP contribution in [0.4, 0.5) is 13.2 Å². The number of rotatable bonds is 5. The molecule has 8 heteroatoms. The molecule has 0 bridgehead atoms. The molecule has 0 aliphatic heterocycles. The fourth-order valence-corrected chi connectivity index (χ4v) is 1.82. The van der Waals surface area contributed by atoms with Crippen molar-refractivity contribution in [3.8, 4) is 5.75 Å². The SMILES string of the molecule is O=C(Cc1ccc(F)cc1)NNC(=O)c1ccc(OC(F)F)cc1. The number of nitrogens with one attached hydrogen (secondary N) is 2. The highest BCUT2D eigenvalue weighted by atomic mass is 19.3. The Bertz CT molecular complexity index is 704. The Hall–Kier alpha value is -3.03. The first-order valence-corrected chi connectivity index (χ1v) is 6.82. The van der Waals surface area contributed by atoms with E-state index in [-0.39, 0.29) is 17.7 Å². The van der Waals surface area contributed by atoms with E-state index in [2.05, 4.69) is 15.6 Å². The molecule has 0 aliphatic carbocycles. The second-order valence-corrected chi connectivity index (χ2v) is 4.71. The van der Waals surface area contributed by atoms with Gasteiger partial charge in [-0.2, -0.15) is 8.78 Å². The number of halogens is 3. The molecule has 0 aromatic heterocycles. The second-order valence-electron chi connectivity index (χ2n) is 4.71. The molecule has 2 amide bonds. The molecular weight excluding hydrogens is 325 g/mol. The van der Waals surface area contributed by atoms with Crippen molar-refractivity contribution >= 4 is 11.8 Å². The lowest BCUT2D eigenvalue weighted by Crippen LogP contribution is -2.42. The van der Waals surface area contributed by atoms with Crippen molar-refractivity contribution in [3.05, 3.63) is 65.5 Å². The molecule has 0 radical (unpaired) electrons. The van der Waals surface area contributed by atoms with Crippen molar-refractivity contribution < 1.29 is 27.5 Å². The first-order chi connectivity index (χ1) is 11.4. The van der Waals surface area contributed by atoms with Crippen LogP contribution in [0.1, 0.15) is 15.9 Å². The predicted octanol–water partition coefficient (Wildman–Crippen LogP) is 2.43. The number of hydrogen-bond acceptors (Lipinski definition) is 3. The van der Waals surface area contributed by atoms with Gasteiger partial charge >= 0.3 is 6.61 Å². The number of alkyl halides is 2. The molecule has 0 aliphatic rings. The molecule has 0 spiro atoms. The van der Waals surface area contributed by atoms with Crippen molar-refractivity contribution in [2.45, 2.75) is 13.0 Å². The Kier molecular flexibility index (Phi) is 5.78. The van der Waals surface area contributed by atoms with E-state index in [9.17, 15) is 22.8 Å². The summed E-state index contributed by atoms with van der Waals surface area (Å²) >= 11 is 0. The molecule has 0 unspecified atom stereocenters. The molecule has 0 atom stereocenters. The van der Waals surface area contributed by atoms with Gasteiger partial charge in [0.15, 0.2) is 0 Å². The number of carbonyl (C=O) groups excluding carboxylic acids is 2. The average Bonchev–Trinajstić information content (AvgIpc) is 2.55. The van der Waals surface area contributed by atoms with Gasteiger partial charge in [-0.15, -0.1) is 0 Å². The van der Waals surface area contributed by atoms with E-state index in [1.54, 1.807) is 0 Å². The topological polar surface area (TPSA) is 67.4 Å². The first kappa shape index (κ1) is 17.3.